The maximum Gasteiger partial charge on any atom is 0.261 e. The van der Waals surface area contributed by atoms with Crippen LogP contribution in [0.15, 0.2) is 57.7 Å². The van der Waals surface area contributed by atoms with E-state index < -0.39 is 11.7 Å². The molecule has 130 valence electrons. The van der Waals surface area contributed by atoms with Gasteiger partial charge in [-0.25, -0.2) is 4.39 Å². The SMILES string of the molecule is NC(=O)COc1cccc(-c2noc(-c3c(F)ccc4occc34)n2)c1. The van der Waals surface area contributed by atoms with Crippen LogP contribution in [0.1, 0.15) is 0 Å². The minimum absolute atomic E-state index is 0.0351. The first-order valence-electron chi connectivity index (χ1n) is 7.63. The average molecular weight is 353 g/mol. The monoisotopic (exact) mass is 353 g/mol. The van der Waals surface area contributed by atoms with Gasteiger partial charge < -0.3 is 19.4 Å². The van der Waals surface area contributed by atoms with Crippen molar-refractivity contribution in [1.82, 2.24) is 10.1 Å². The Labute approximate surface area is 146 Å². The highest BCUT2D eigenvalue weighted by Gasteiger charge is 2.19. The molecule has 0 bridgehead atoms. The maximum atomic E-state index is 14.3. The summed E-state index contributed by atoms with van der Waals surface area (Å²) in [7, 11) is 0. The Kier molecular flexibility index (Phi) is 3.85. The van der Waals surface area contributed by atoms with Gasteiger partial charge in [-0.15, -0.1) is 0 Å². The second-order valence-corrected chi connectivity index (χ2v) is 5.46. The van der Waals surface area contributed by atoms with Crippen LogP contribution in [0.25, 0.3) is 33.8 Å². The molecular weight excluding hydrogens is 341 g/mol. The highest BCUT2D eigenvalue weighted by molar-refractivity contribution is 5.92. The Bertz CT molecular complexity index is 1100. The number of nitrogens with two attached hydrogens (primary N) is 1. The van der Waals surface area contributed by atoms with Gasteiger partial charge in [-0.05, 0) is 30.3 Å². The Morgan fingerprint density at radius 2 is 2.12 bits per heavy atom. The molecular formula is C18H12FN3O4. The standard InChI is InChI=1S/C18H12FN3O4/c19-13-4-5-14-12(6-7-24-14)16(13)18-21-17(22-26-18)10-2-1-3-11(8-10)25-9-15(20)23/h1-8H,9H2,(H2,20,23). The van der Waals surface area contributed by atoms with E-state index in [9.17, 15) is 9.18 Å². The highest BCUT2D eigenvalue weighted by atomic mass is 19.1. The van der Waals surface area contributed by atoms with Crippen LogP contribution in [0.3, 0.4) is 0 Å². The number of rotatable bonds is 5. The Morgan fingerprint density at radius 1 is 1.23 bits per heavy atom. The van der Waals surface area contributed by atoms with Gasteiger partial charge >= 0.3 is 0 Å². The number of hydrogen-bond donors (Lipinski definition) is 1. The van der Waals surface area contributed by atoms with E-state index in [2.05, 4.69) is 10.1 Å². The molecule has 0 atom stereocenters. The largest absolute Gasteiger partial charge is 0.484 e. The van der Waals surface area contributed by atoms with Crippen LogP contribution in [0.5, 0.6) is 5.75 Å². The van der Waals surface area contributed by atoms with Crippen molar-refractivity contribution in [3.8, 4) is 28.6 Å². The number of benzene rings is 2. The van der Waals surface area contributed by atoms with Crippen LogP contribution in [0, 0.1) is 5.82 Å². The van der Waals surface area contributed by atoms with Gasteiger partial charge in [0.2, 0.25) is 5.82 Å². The second-order valence-electron chi connectivity index (χ2n) is 5.46. The van der Waals surface area contributed by atoms with Crippen LogP contribution >= 0.6 is 0 Å². The normalized spacial score (nSPS) is 11.0. The van der Waals surface area contributed by atoms with Crippen LogP contribution < -0.4 is 10.5 Å². The number of furan rings is 1. The van der Waals surface area contributed by atoms with Gasteiger partial charge in [-0.3, -0.25) is 4.79 Å². The minimum atomic E-state index is -0.582. The van der Waals surface area contributed by atoms with E-state index in [1.807, 2.05) is 0 Å². The van der Waals surface area contributed by atoms with Gasteiger partial charge in [-0.2, -0.15) is 4.98 Å². The number of hydrogen-bond acceptors (Lipinski definition) is 6. The van der Waals surface area contributed by atoms with Crippen molar-refractivity contribution in [2.24, 2.45) is 5.73 Å². The van der Waals surface area contributed by atoms with Crippen molar-refractivity contribution in [2.45, 2.75) is 0 Å². The highest BCUT2D eigenvalue weighted by Crippen LogP contribution is 2.32. The predicted molar refractivity (Wildman–Crippen MR) is 89.6 cm³/mol. The van der Waals surface area contributed by atoms with E-state index in [-0.39, 0.29) is 23.9 Å². The molecule has 0 fully saturated rings. The van der Waals surface area contributed by atoms with Crippen molar-refractivity contribution in [2.75, 3.05) is 6.61 Å². The van der Waals surface area contributed by atoms with E-state index in [1.54, 1.807) is 30.3 Å². The van der Waals surface area contributed by atoms with Crippen molar-refractivity contribution in [1.29, 1.82) is 0 Å². The number of primary amides is 1. The van der Waals surface area contributed by atoms with E-state index in [4.69, 9.17) is 19.4 Å². The third-order valence-electron chi connectivity index (χ3n) is 3.70. The first-order chi connectivity index (χ1) is 12.6. The topological polar surface area (TPSA) is 104 Å². The fourth-order valence-electron chi connectivity index (χ4n) is 2.56. The van der Waals surface area contributed by atoms with E-state index in [0.717, 1.165) is 0 Å². The van der Waals surface area contributed by atoms with Crippen LogP contribution in [0.4, 0.5) is 4.39 Å². The maximum absolute atomic E-state index is 14.3. The molecule has 0 saturated carbocycles. The van der Waals surface area contributed by atoms with E-state index in [1.165, 1.54) is 18.4 Å². The smallest absolute Gasteiger partial charge is 0.261 e. The number of aromatic nitrogens is 2. The molecule has 26 heavy (non-hydrogen) atoms. The summed E-state index contributed by atoms with van der Waals surface area (Å²) in [6.07, 6.45) is 1.46. The molecule has 0 saturated heterocycles. The Morgan fingerprint density at radius 3 is 2.96 bits per heavy atom. The van der Waals surface area contributed by atoms with Crippen LogP contribution in [-0.2, 0) is 4.79 Å². The molecule has 0 aliphatic rings. The molecule has 1 amide bonds. The summed E-state index contributed by atoms with van der Waals surface area (Å²) in [6, 6.07) is 11.2. The molecule has 4 aromatic rings. The van der Waals surface area contributed by atoms with Crippen molar-refractivity contribution >= 4 is 16.9 Å². The zero-order chi connectivity index (χ0) is 18.1. The lowest BCUT2D eigenvalue weighted by atomic mass is 10.1. The predicted octanol–water partition coefficient (Wildman–Crippen LogP) is 3.15. The lowest BCUT2D eigenvalue weighted by Gasteiger charge is -2.04. The molecule has 2 aromatic carbocycles. The van der Waals surface area contributed by atoms with Gasteiger partial charge in [0.25, 0.3) is 11.8 Å². The summed E-state index contributed by atoms with van der Waals surface area (Å²) in [5, 5.41) is 4.44. The summed E-state index contributed by atoms with van der Waals surface area (Å²) in [6.45, 7) is -0.241. The number of fused-ring (bicyclic) bond motifs is 1. The molecule has 7 nitrogen and oxygen atoms in total. The number of ether oxygens (including phenoxy) is 1. The third-order valence-corrected chi connectivity index (χ3v) is 3.70. The average Bonchev–Trinajstić information content (AvgIpc) is 3.29. The number of carbonyl (C=O) groups is 1. The fraction of sp³-hybridized carbons (Fsp3) is 0.0556. The molecule has 8 heteroatoms. The summed E-state index contributed by atoms with van der Waals surface area (Å²) in [5.41, 5.74) is 6.34. The molecule has 2 heterocycles. The molecule has 0 aliphatic heterocycles. The number of nitrogens with zero attached hydrogens (tertiary/aromatic N) is 2. The first kappa shape index (κ1) is 15.8. The third kappa shape index (κ3) is 2.88. The molecule has 4 rings (SSSR count). The lowest BCUT2D eigenvalue weighted by Crippen LogP contribution is -2.19. The number of carbonyl (C=O) groups excluding carboxylic acids is 1. The molecule has 0 radical (unpaired) electrons. The molecule has 2 N–H and O–H groups in total. The Hall–Kier alpha value is -3.68. The van der Waals surface area contributed by atoms with Crippen molar-refractivity contribution in [3.63, 3.8) is 0 Å². The van der Waals surface area contributed by atoms with Crippen molar-refractivity contribution in [3.05, 3.63) is 54.5 Å². The van der Waals surface area contributed by atoms with Gasteiger partial charge in [-0.1, -0.05) is 17.3 Å². The molecule has 0 spiro atoms. The minimum Gasteiger partial charge on any atom is -0.484 e. The zero-order valence-corrected chi connectivity index (χ0v) is 13.3. The lowest BCUT2D eigenvalue weighted by molar-refractivity contribution is -0.119. The molecule has 2 aromatic heterocycles. The number of halogens is 1. The second kappa shape index (κ2) is 6.32. The quantitative estimate of drug-likeness (QED) is 0.591. The number of amides is 1. The van der Waals surface area contributed by atoms with Gasteiger partial charge in [0, 0.05) is 10.9 Å². The Balaban J connectivity index is 1.70. The molecule has 0 aliphatic carbocycles. The van der Waals surface area contributed by atoms with Crippen molar-refractivity contribution < 1.29 is 22.9 Å². The van der Waals surface area contributed by atoms with Gasteiger partial charge in [0.15, 0.2) is 6.61 Å². The fourth-order valence-corrected chi connectivity index (χ4v) is 2.56. The first-order valence-corrected chi connectivity index (χ1v) is 7.63. The molecule has 0 unspecified atom stereocenters. The van der Waals surface area contributed by atoms with E-state index >= 15 is 0 Å². The van der Waals surface area contributed by atoms with E-state index in [0.29, 0.717) is 22.3 Å². The van der Waals surface area contributed by atoms with Gasteiger partial charge in [0.05, 0.1) is 11.8 Å². The summed E-state index contributed by atoms with van der Waals surface area (Å²) in [4.78, 5) is 15.1. The van der Waals surface area contributed by atoms with Crippen LogP contribution in [-0.4, -0.2) is 22.7 Å². The summed E-state index contributed by atoms with van der Waals surface area (Å²) >= 11 is 0. The van der Waals surface area contributed by atoms with Crippen LogP contribution in [0.2, 0.25) is 0 Å². The van der Waals surface area contributed by atoms with Gasteiger partial charge in [0.1, 0.15) is 17.1 Å². The summed E-state index contributed by atoms with van der Waals surface area (Å²) in [5.74, 6) is -0.360. The zero-order valence-electron chi connectivity index (χ0n) is 13.3. The summed E-state index contributed by atoms with van der Waals surface area (Å²) < 4.78 is 30.1.